The molecule has 0 aromatic rings. The number of nitrogens with zero attached hydrogens (tertiary/aromatic N) is 2. The molecule has 5 aliphatic rings. The van der Waals surface area contributed by atoms with E-state index in [1.165, 1.54) is 6.26 Å². The van der Waals surface area contributed by atoms with Crippen LogP contribution in [-0.4, -0.2) is 23.0 Å². The molecule has 0 fully saturated rings. The van der Waals surface area contributed by atoms with Crippen molar-refractivity contribution in [2.45, 2.75) is 38.2 Å². The summed E-state index contributed by atoms with van der Waals surface area (Å²) in [6.07, 6.45) is 13.2. The van der Waals surface area contributed by atoms with Crippen LogP contribution >= 0.6 is 0 Å². The molecule has 1 spiro atoms. The average molecular weight is 339 g/mol. The Labute approximate surface area is 145 Å². The third kappa shape index (κ3) is 1.65. The second kappa shape index (κ2) is 4.78. The van der Waals surface area contributed by atoms with Crippen molar-refractivity contribution >= 4 is 0 Å². The molecule has 1 unspecified atom stereocenters. The molecule has 3 aliphatic heterocycles. The first-order valence-corrected chi connectivity index (χ1v) is 8.64. The molecule has 0 saturated heterocycles. The molecular formula is C19H19N2O4+. The highest BCUT2D eigenvalue weighted by atomic mass is 16.7. The van der Waals surface area contributed by atoms with Crippen LogP contribution in [0, 0.1) is 16.9 Å². The number of fused-ring (bicyclic) bond motifs is 1. The van der Waals surface area contributed by atoms with Crippen LogP contribution in [0.2, 0.25) is 0 Å². The molecule has 25 heavy (non-hydrogen) atoms. The van der Waals surface area contributed by atoms with E-state index in [4.69, 9.17) is 14.3 Å². The smallest absolute Gasteiger partial charge is 0.366 e. The first-order chi connectivity index (χ1) is 12.1. The van der Waals surface area contributed by atoms with Crippen molar-refractivity contribution in [2.24, 2.45) is 5.41 Å². The maximum Gasteiger partial charge on any atom is 0.366 e. The maximum absolute atomic E-state index is 10.6. The fourth-order valence-electron chi connectivity index (χ4n) is 4.71. The Bertz CT molecular complexity index is 872. The highest BCUT2D eigenvalue weighted by Crippen LogP contribution is 2.61. The topological polar surface area (TPSA) is 71.7 Å². The van der Waals surface area contributed by atoms with Crippen LogP contribution in [0.4, 0.5) is 0 Å². The van der Waals surface area contributed by atoms with Gasteiger partial charge in [-0.3, -0.25) is 4.84 Å². The number of ether oxygens (including phenoxy) is 2. The molecule has 3 heterocycles. The van der Waals surface area contributed by atoms with E-state index < -0.39 is 11.5 Å². The summed E-state index contributed by atoms with van der Waals surface area (Å²) >= 11 is 0. The van der Waals surface area contributed by atoms with Gasteiger partial charge in [-0.1, -0.05) is 0 Å². The molecule has 0 amide bonds. The lowest BCUT2D eigenvalue weighted by atomic mass is 9.68. The lowest BCUT2D eigenvalue weighted by Gasteiger charge is -2.31. The van der Waals surface area contributed by atoms with Gasteiger partial charge in [0, 0.05) is 15.8 Å². The van der Waals surface area contributed by atoms with Crippen molar-refractivity contribution in [2.75, 3.05) is 7.11 Å². The van der Waals surface area contributed by atoms with Crippen LogP contribution in [0.25, 0.3) is 0 Å². The predicted octanol–water partition coefficient (Wildman–Crippen LogP) is 2.99. The Balaban J connectivity index is 1.86. The summed E-state index contributed by atoms with van der Waals surface area (Å²) < 4.78 is 11.3. The molecule has 1 N–H and O–H groups in total. The van der Waals surface area contributed by atoms with E-state index in [2.05, 4.69) is 12.3 Å². The molecular weight excluding hydrogens is 320 g/mol. The maximum atomic E-state index is 10.6. The van der Waals surface area contributed by atoms with Gasteiger partial charge in [-0.25, -0.2) is 0 Å². The van der Waals surface area contributed by atoms with E-state index in [0.29, 0.717) is 30.1 Å². The summed E-state index contributed by atoms with van der Waals surface area (Å²) in [5.41, 5.74) is 2.30. The zero-order valence-corrected chi connectivity index (χ0v) is 14.0. The third-order valence-electron chi connectivity index (χ3n) is 5.84. The molecule has 128 valence electrons. The average Bonchev–Trinajstić information content (AvgIpc) is 3.15. The van der Waals surface area contributed by atoms with E-state index in [-0.39, 0.29) is 4.65 Å². The largest absolute Gasteiger partial charge is 0.488 e. The van der Waals surface area contributed by atoms with Crippen molar-refractivity contribution in [1.82, 2.24) is 0 Å². The van der Waals surface area contributed by atoms with Gasteiger partial charge in [-0.05, 0) is 44.3 Å². The minimum Gasteiger partial charge on any atom is -0.488 e. The van der Waals surface area contributed by atoms with Crippen LogP contribution in [0.5, 0.6) is 0 Å². The second-order valence-corrected chi connectivity index (χ2v) is 7.02. The Kier molecular flexibility index (Phi) is 2.83. The van der Waals surface area contributed by atoms with Crippen LogP contribution in [-0.2, 0) is 14.3 Å². The minimum absolute atomic E-state index is 0.375. The fraction of sp³-hybridized carbons (Fsp3) is 0.421. The number of hydrogen-bond donors (Lipinski definition) is 1. The monoisotopic (exact) mass is 339 g/mol. The lowest BCUT2D eigenvalue weighted by molar-refractivity contribution is -0.963. The summed E-state index contributed by atoms with van der Waals surface area (Å²) in [4.78, 5) is 5.74. The van der Waals surface area contributed by atoms with Gasteiger partial charge in [0.15, 0.2) is 6.20 Å². The van der Waals surface area contributed by atoms with Crippen LogP contribution in [0.3, 0.4) is 0 Å². The van der Waals surface area contributed by atoms with Crippen LogP contribution in [0.1, 0.15) is 32.1 Å². The zero-order valence-electron chi connectivity index (χ0n) is 14.0. The van der Waals surface area contributed by atoms with Crippen molar-refractivity contribution in [3.63, 3.8) is 0 Å². The Morgan fingerprint density at radius 1 is 1.48 bits per heavy atom. The highest BCUT2D eigenvalue weighted by Gasteiger charge is 2.58. The number of hydroxylamine groups is 3. The van der Waals surface area contributed by atoms with E-state index in [1.807, 2.05) is 6.08 Å². The number of rotatable bonds is 1. The van der Waals surface area contributed by atoms with Gasteiger partial charge in [0.1, 0.15) is 17.6 Å². The number of aliphatic hydroxyl groups is 1. The number of allylic oxidation sites excluding steroid dienone is 3. The van der Waals surface area contributed by atoms with E-state index in [0.717, 1.165) is 36.2 Å². The molecule has 6 heteroatoms. The molecule has 0 radical (unpaired) electrons. The third-order valence-corrected chi connectivity index (χ3v) is 5.84. The number of methoxy groups -OCH3 is 1. The molecule has 2 aliphatic carbocycles. The molecule has 5 rings (SSSR count). The summed E-state index contributed by atoms with van der Waals surface area (Å²) in [6.45, 7) is 0. The van der Waals surface area contributed by atoms with Gasteiger partial charge < -0.3 is 14.6 Å². The van der Waals surface area contributed by atoms with Crippen molar-refractivity contribution in [3.8, 4) is 6.19 Å². The summed E-state index contributed by atoms with van der Waals surface area (Å²) in [5.74, 6) is 2.06. The van der Waals surface area contributed by atoms with Crippen LogP contribution < -0.4 is 0 Å². The quantitative estimate of drug-likeness (QED) is 0.587. The number of quaternary nitrogens is 1. The first-order valence-electron chi connectivity index (χ1n) is 8.64. The van der Waals surface area contributed by atoms with Crippen molar-refractivity contribution in [1.29, 1.82) is 5.26 Å². The van der Waals surface area contributed by atoms with Gasteiger partial charge in [-0.15, -0.1) is 5.26 Å². The zero-order chi connectivity index (χ0) is 17.2. The standard InChI is InChI=1S/C19H19N2O4/c1-23-14-10-24-21(11-20)9-8-19-7-3-2-4-15(19)25-18-13(22)6-5-12(16(18)19)17(14)21/h4,8-10,13,22H,2-3,5-7H2,1H3/q+1/t13-,19?,21+/m1/s1. The van der Waals surface area contributed by atoms with Crippen molar-refractivity contribution < 1.29 is 24.1 Å². The van der Waals surface area contributed by atoms with Gasteiger partial charge in [-0.2, -0.15) is 0 Å². The summed E-state index contributed by atoms with van der Waals surface area (Å²) in [7, 11) is 1.58. The van der Waals surface area contributed by atoms with Crippen molar-refractivity contribution in [3.05, 3.63) is 58.7 Å². The van der Waals surface area contributed by atoms with Gasteiger partial charge >= 0.3 is 6.19 Å². The van der Waals surface area contributed by atoms with E-state index >= 15 is 0 Å². The molecule has 0 aromatic carbocycles. The number of aliphatic hydroxyl groups excluding tert-OH is 1. The Morgan fingerprint density at radius 2 is 2.36 bits per heavy atom. The lowest BCUT2D eigenvalue weighted by Crippen LogP contribution is -2.33. The normalized spacial score (nSPS) is 37.7. The molecule has 0 saturated carbocycles. The highest BCUT2D eigenvalue weighted by molar-refractivity contribution is 5.58. The molecule has 6 nitrogen and oxygen atoms in total. The first kappa shape index (κ1) is 14.8. The number of hydrogen-bond acceptors (Lipinski definition) is 5. The Hall–Kier alpha value is -2.49. The van der Waals surface area contributed by atoms with Gasteiger partial charge in [0.25, 0.3) is 0 Å². The van der Waals surface area contributed by atoms with Crippen LogP contribution in [0.15, 0.2) is 58.7 Å². The molecule has 0 bridgehead atoms. The van der Waals surface area contributed by atoms with E-state index in [1.54, 1.807) is 13.3 Å². The number of nitriles is 1. The second-order valence-electron chi connectivity index (χ2n) is 7.02. The molecule has 0 aromatic heterocycles. The van der Waals surface area contributed by atoms with Gasteiger partial charge in [0.2, 0.25) is 17.7 Å². The fourth-order valence-corrected chi connectivity index (χ4v) is 4.71. The predicted molar refractivity (Wildman–Crippen MR) is 85.9 cm³/mol. The minimum atomic E-state index is -0.615. The summed E-state index contributed by atoms with van der Waals surface area (Å²) in [5, 5.41) is 20.5. The van der Waals surface area contributed by atoms with E-state index in [9.17, 15) is 10.4 Å². The van der Waals surface area contributed by atoms with Gasteiger partial charge in [0.05, 0.1) is 12.5 Å². The molecule has 3 atom stereocenters. The SMILES string of the molecule is COC1=CO[N@+]2(C#N)C=CC34CCCC=C3OC3=C4C(=C12)CC[C@H]3O. The summed E-state index contributed by atoms with van der Waals surface area (Å²) in [6, 6.07) is 0. The Morgan fingerprint density at radius 3 is 3.16 bits per heavy atom.